The molecular formula is C14H18ClN3O. The number of nitrogens with zero attached hydrogens (tertiary/aromatic N) is 2. The topological polar surface area (TPSA) is 53.1 Å². The average Bonchev–Trinajstić information content (AvgIpc) is 2.79. The standard InChI is InChI=1S/C14H18ClN3O/c1-4-10-8-12(18(2)17-10)14(16)11-7-9(15)5-6-13(11)19-3/h5-8,14H,4,16H2,1-3H3. The molecule has 0 spiro atoms. The van der Waals surface area contributed by atoms with E-state index in [1.54, 1.807) is 13.2 Å². The summed E-state index contributed by atoms with van der Waals surface area (Å²) in [5, 5.41) is 5.06. The monoisotopic (exact) mass is 279 g/mol. The van der Waals surface area contributed by atoms with Crippen LogP contribution >= 0.6 is 11.6 Å². The van der Waals surface area contributed by atoms with Crippen LogP contribution in [0.25, 0.3) is 0 Å². The molecule has 0 saturated carbocycles. The molecule has 0 aliphatic carbocycles. The van der Waals surface area contributed by atoms with Crippen molar-refractivity contribution in [2.75, 3.05) is 7.11 Å². The van der Waals surface area contributed by atoms with E-state index in [1.165, 1.54) is 0 Å². The Morgan fingerprint density at radius 1 is 1.42 bits per heavy atom. The molecule has 102 valence electrons. The Labute approximate surface area is 118 Å². The molecule has 0 fully saturated rings. The molecule has 2 aromatic rings. The van der Waals surface area contributed by atoms with Crippen LogP contribution in [0, 0.1) is 0 Å². The zero-order valence-electron chi connectivity index (χ0n) is 11.4. The average molecular weight is 280 g/mol. The van der Waals surface area contributed by atoms with Crippen LogP contribution in [0.2, 0.25) is 5.02 Å². The maximum Gasteiger partial charge on any atom is 0.124 e. The van der Waals surface area contributed by atoms with Crippen molar-refractivity contribution in [3.8, 4) is 5.75 Å². The summed E-state index contributed by atoms with van der Waals surface area (Å²) in [6.45, 7) is 2.07. The van der Waals surface area contributed by atoms with Crippen molar-refractivity contribution in [1.82, 2.24) is 9.78 Å². The third-order valence-electron chi connectivity index (χ3n) is 3.17. The van der Waals surface area contributed by atoms with Crippen LogP contribution in [0.5, 0.6) is 5.75 Å². The first-order valence-corrected chi connectivity index (χ1v) is 6.56. The first-order chi connectivity index (χ1) is 9.06. The molecule has 0 aliphatic rings. The van der Waals surface area contributed by atoms with Gasteiger partial charge in [-0.2, -0.15) is 5.10 Å². The summed E-state index contributed by atoms with van der Waals surface area (Å²) < 4.78 is 7.16. The number of aromatic nitrogens is 2. The molecule has 5 heteroatoms. The molecule has 0 aliphatic heterocycles. The van der Waals surface area contributed by atoms with Crippen LogP contribution in [0.1, 0.15) is 29.9 Å². The van der Waals surface area contributed by atoms with E-state index in [-0.39, 0.29) is 6.04 Å². The number of hydrogen-bond acceptors (Lipinski definition) is 3. The van der Waals surface area contributed by atoms with E-state index in [9.17, 15) is 0 Å². The van der Waals surface area contributed by atoms with Gasteiger partial charge in [-0.3, -0.25) is 4.68 Å². The zero-order valence-corrected chi connectivity index (χ0v) is 12.1. The lowest BCUT2D eigenvalue weighted by Crippen LogP contribution is -2.16. The summed E-state index contributed by atoms with van der Waals surface area (Å²) in [4.78, 5) is 0. The normalized spacial score (nSPS) is 12.5. The number of ether oxygens (including phenoxy) is 1. The molecule has 2 rings (SSSR count). The lowest BCUT2D eigenvalue weighted by molar-refractivity contribution is 0.407. The Bertz CT molecular complexity index is 580. The summed E-state index contributed by atoms with van der Waals surface area (Å²) >= 11 is 6.04. The fourth-order valence-corrected chi connectivity index (χ4v) is 2.30. The third-order valence-corrected chi connectivity index (χ3v) is 3.41. The molecule has 1 atom stereocenters. The van der Waals surface area contributed by atoms with Crippen LogP contribution in [0.4, 0.5) is 0 Å². The Hall–Kier alpha value is -1.52. The Kier molecular flexibility index (Phi) is 4.12. The van der Waals surface area contributed by atoms with Crippen molar-refractivity contribution in [3.63, 3.8) is 0 Å². The molecule has 0 radical (unpaired) electrons. The Balaban J connectivity index is 2.45. The van der Waals surface area contributed by atoms with Gasteiger partial charge in [0.1, 0.15) is 5.75 Å². The Morgan fingerprint density at radius 2 is 2.16 bits per heavy atom. The minimum Gasteiger partial charge on any atom is -0.496 e. The zero-order chi connectivity index (χ0) is 14.0. The second kappa shape index (κ2) is 5.63. The van der Waals surface area contributed by atoms with Gasteiger partial charge in [-0.15, -0.1) is 0 Å². The number of rotatable bonds is 4. The van der Waals surface area contributed by atoms with Crippen LogP contribution in [-0.2, 0) is 13.5 Å². The van der Waals surface area contributed by atoms with E-state index in [1.807, 2.05) is 29.9 Å². The van der Waals surface area contributed by atoms with Crippen LogP contribution in [-0.4, -0.2) is 16.9 Å². The van der Waals surface area contributed by atoms with Gasteiger partial charge in [-0.05, 0) is 30.7 Å². The second-order valence-electron chi connectivity index (χ2n) is 4.40. The summed E-state index contributed by atoms with van der Waals surface area (Å²) in [6.07, 6.45) is 0.882. The third kappa shape index (κ3) is 2.74. The van der Waals surface area contributed by atoms with Crippen LogP contribution in [0.3, 0.4) is 0 Å². The van der Waals surface area contributed by atoms with E-state index in [2.05, 4.69) is 12.0 Å². The molecule has 0 amide bonds. The van der Waals surface area contributed by atoms with E-state index >= 15 is 0 Å². The minimum atomic E-state index is -0.313. The largest absolute Gasteiger partial charge is 0.496 e. The number of halogens is 1. The van der Waals surface area contributed by atoms with Crippen LogP contribution in [0.15, 0.2) is 24.3 Å². The molecule has 1 heterocycles. The second-order valence-corrected chi connectivity index (χ2v) is 4.84. The van der Waals surface area contributed by atoms with E-state index < -0.39 is 0 Å². The van der Waals surface area contributed by atoms with Gasteiger partial charge in [0.2, 0.25) is 0 Å². The Morgan fingerprint density at radius 3 is 2.74 bits per heavy atom. The molecule has 4 nitrogen and oxygen atoms in total. The lowest BCUT2D eigenvalue weighted by Gasteiger charge is -2.16. The maximum atomic E-state index is 6.33. The van der Waals surface area contributed by atoms with Crippen molar-refractivity contribution in [1.29, 1.82) is 0 Å². The van der Waals surface area contributed by atoms with E-state index in [0.29, 0.717) is 5.02 Å². The van der Waals surface area contributed by atoms with Gasteiger partial charge in [-0.1, -0.05) is 18.5 Å². The molecule has 1 aromatic heterocycles. The number of aryl methyl sites for hydroxylation is 2. The first kappa shape index (κ1) is 13.9. The molecule has 2 N–H and O–H groups in total. The lowest BCUT2D eigenvalue weighted by atomic mass is 10.0. The number of hydrogen-bond donors (Lipinski definition) is 1. The predicted octanol–water partition coefficient (Wildman–Crippen LogP) is 2.69. The highest BCUT2D eigenvalue weighted by Gasteiger charge is 2.18. The highest BCUT2D eigenvalue weighted by atomic mass is 35.5. The number of benzene rings is 1. The fraction of sp³-hybridized carbons (Fsp3) is 0.357. The van der Waals surface area contributed by atoms with Crippen molar-refractivity contribution in [2.45, 2.75) is 19.4 Å². The fourth-order valence-electron chi connectivity index (χ4n) is 2.11. The summed E-state index contributed by atoms with van der Waals surface area (Å²) in [6, 6.07) is 7.16. The van der Waals surface area contributed by atoms with Gasteiger partial charge in [0.15, 0.2) is 0 Å². The van der Waals surface area contributed by atoms with Crippen molar-refractivity contribution < 1.29 is 4.74 Å². The highest BCUT2D eigenvalue weighted by molar-refractivity contribution is 6.30. The van der Waals surface area contributed by atoms with E-state index in [0.717, 1.165) is 29.1 Å². The smallest absolute Gasteiger partial charge is 0.124 e. The SMILES string of the molecule is CCc1cc(C(N)c2cc(Cl)ccc2OC)n(C)n1. The summed E-state index contributed by atoms with van der Waals surface area (Å²) in [5.41, 5.74) is 9.16. The van der Waals surface area contributed by atoms with Crippen molar-refractivity contribution in [2.24, 2.45) is 12.8 Å². The van der Waals surface area contributed by atoms with Crippen LogP contribution < -0.4 is 10.5 Å². The highest BCUT2D eigenvalue weighted by Crippen LogP contribution is 2.30. The number of nitrogens with two attached hydrogens (primary N) is 1. The van der Waals surface area contributed by atoms with Gasteiger partial charge >= 0.3 is 0 Å². The summed E-state index contributed by atoms with van der Waals surface area (Å²) in [7, 11) is 3.52. The van der Waals surface area contributed by atoms with Gasteiger partial charge in [0.25, 0.3) is 0 Å². The molecule has 1 aromatic carbocycles. The van der Waals surface area contributed by atoms with Crippen molar-refractivity contribution >= 4 is 11.6 Å². The van der Waals surface area contributed by atoms with Gasteiger partial charge in [0.05, 0.1) is 24.5 Å². The quantitative estimate of drug-likeness (QED) is 0.936. The first-order valence-electron chi connectivity index (χ1n) is 6.18. The molecule has 0 bridgehead atoms. The molecule has 1 unspecified atom stereocenters. The molecule has 19 heavy (non-hydrogen) atoms. The summed E-state index contributed by atoms with van der Waals surface area (Å²) in [5.74, 6) is 0.733. The van der Waals surface area contributed by atoms with Crippen molar-refractivity contribution in [3.05, 3.63) is 46.2 Å². The molecular weight excluding hydrogens is 262 g/mol. The minimum absolute atomic E-state index is 0.313. The van der Waals surface area contributed by atoms with E-state index in [4.69, 9.17) is 22.1 Å². The number of methoxy groups -OCH3 is 1. The predicted molar refractivity (Wildman–Crippen MR) is 76.6 cm³/mol. The van der Waals surface area contributed by atoms with Gasteiger partial charge < -0.3 is 10.5 Å². The van der Waals surface area contributed by atoms with Gasteiger partial charge in [-0.25, -0.2) is 0 Å². The van der Waals surface area contributed by atoms with Gasteiger partial charge in [0, 0.05) is 17.6 Å². The maximum absolute atomic E-state index is 6.33. The molecule has 0 saturated heterocycles.